The zero-order valence-electron chi connectivity index (χ0n) is 31.1. The fourth-order valence-electron chi connectivity index (χ4n) is 12.8. The van der Waals surface area contributed by atoms with Crippen LogP contribution in [0.15, 0.2) is 11.6 Å². The largest absolute Gasteiger partial charge is 0.394 e. The van der Waals surface area contributed by atoms with Crippen LogP contribution in [0.1, 0.15) is 85.5 Å². The molecule has 8 aliphatic rings. The van der Waals surface area contributed by atoms with Crippen LogP contribution in [0, 0.1) is 46.3 Å². The zero-order chi connectivity index (χ0) is 36.9. The van der Waals surface area contributed by atoms with Crippen molar-refractivity contribution in [2.45, 2.75) is 165 Å². The summed E-state index contributed by atoms with van der Waals surface area (Å²) in [5.41, 5.74) is 1.57. The summed E-state index contributed by atoms with van der Waals surface area (Å²) < 4.78 is 30.6. The summed E-state index contributed by atoms with van der Waals surface area (Å²) in [6, 6.07) is 0. The first-order valence-electron chi connectivity index (χ1n) is 20.1. The van der Waals surface area contributed by atoms with Crippen LogP contribution >= 0.6 is 0 Å². The number of hydrogen-bond acceptors (Lipinski definition) is 13. The standard InChI is InChI=1S/C39H63NO12/c1-18-7-12-39(40-15-18)19(2)28-25(52-39)14-24-22-6-5-20-13-21(8-10-37(20,3)23(22)9-11-38(24,28)4)48-36-33(47)34(30(44)27(17-42)50-36)51-35-32(46)31(45)29(43)26(16-41)49-35/h5,18-19,21-36,40-47H,6-17H2,1-4H3. The molecule has 0 radical (unpaired) electrons. The first-order valence-corrected chi connectivity index (χ1v) is 20.1. The summed E-state index contributed by atoms with van der Waals surface area (Å²) in [4.78, 5) is 0. The molecule has 3 saturated carbocycles. The molecule has 0 aromatic carbocycles. The van der Waals surface area contributed by atoms with E-state index in [4.69, 9.17) is 23.7 Å². The summed E-state index contributed by atoms with van der Waals surface area (Å²) >= 11 is 0. The minimum atomic E-state index is -1.73. The van der Waals surface area contributed by atoms with Crippen LogP contribution < -0.4 is 5.32 Å². The number of nitrogens with one attached hydrogen (secondary N) is 1. The molecule has 21 unspecified atom stereocenters. The Hall–Kier alpha value is -0.780. The van der Waals surface area contributed by atoms with Crippen LogP contribution in [-0.4, -0.2) is 135 Å². The molecule has 8 N–H and O–H groups in total. The Labute approximate surface area is 307 Å². The molecule has 52 heavy (non-hydrogen) atoms. The molecule has 0 aromatic heterocycles. The molecule has 7 fully saturated rings. The van der Waals surface area contributed by atoms with E-state index in [0.29, 0.717) is 48.0 Å². The van der Waals surface area contributed by atoms with Gasteiger partial charge in [-0.25, -0.2) is 0 Å². The highest BCUT2D eigenvalue weighted by molar-refractivity contribution is 5.26. The van der Waals surface area contributed by atoms with Crippen LogP contribution in [0.5, 0.6) is 0 Å². The molecular formula is C39H63NO12. The van der Waals surface area contributed by atoms with Gasteiger partial charge in [0, 0.05) is 12.5 Å². The highest BCUT2D eigenvalue weighted by Crippen LogP contribution is 2.70. The van der Waals surface area contributed by atoms with Crippen LogP contribution in [-0.2, 0) is 23.7 Å². The predicted molar refractivity (Wildman–Crippen MR) is 185 cm³/mol. The van der Waals surface area contributed by atoms with Gasteiger partial charge in [-0.3, -0.25) is 5.32 Å². The van der Waals surface area contributed by atoms with Gasteiger partial charge in [-0.15, -0.1) is 0 Å². The van der Waals surface area contributed by atoms with E-state index >= 15 is 0 Å². The lowest BCUT2D eigenvalue weighted by Crippen LogP contribution is -2.65. The summed E-state index contributed by atoms with van der Waals surface area (Å²) in [5.74, 6) is 3.63. The maximum Gasteiger partial charge on any atom is 0.187 e. The topological polar surface area (TPSA) is 200 Å². The molecule has 0 amide bonds. The average Bonchev–Trinajstić information content (AvgIpc) is 3.58. The second-order valence-corrected chi connectivity index (χ2v) is 18.4. The van der Waals surface area contributed by atoms with Gasteiger partial charge < -0.3 is 59.4 Å². The molecule has 0 aromatic rings. The Morgan fingerprint density at radius 2 is 1.52 bits per heavy atom. The predicted octanol–water partition coefficient (Wildman–Crippen LogP) is 0.935. The van der Waals surface area contributed by atoms with E-state index in [2.05, 4.69) is 39.1 Å². The van der Waals surface area contributed by atoms with E-state index < -0.39 is 74.6 Å². The van der Waals surface area contributed by atoms with E-state index in [1.54, 1.807) is 0 Å². The van der Waals surface area contributed by atoms with E-state index in [-0.39, 0.29) is 22.7 Å². The van der Waals surface area contributed by atoms with Gasteiger partial charge in [0.25, 0.3) is 0 Å². The van der Waals surface area contributed by atoms with Gasteiger partial charge >= 0.3 is 0 Å². The molecule has 8 rings (SSSR count). The molecule has 4 heterocycles. The van der Waals surface area contributed by atoms with Crippen molar-refractivity contribution >= 4 is 0 Å². The Bertz CT molecular complexity index is 1330. The van der Waals surface area contributed by atoms with Gasteiger partial charge in [-0.1, -0.05) is 39.3 Å². The maximum atomic E-state index is 11.4. The fraction of sp³-hybridized carbons (Fsp3) is 0.949. The van der Waals surface area contributed by atoms with Crippen LogP contribution in [0.3, 0.4) is 0 Å². The van der Waals surface area contributed by atoms with Crippen LogP contribution in [0.25, 0.3) is 0 Å². The number of fused-ring (bicyclic) bond motifs is 7. The van der Waals surface area contributed by atoms with Crippen LogP contribution in [0.2, 0.25) is 0 Å². The maximum absolute atomic E-state index is 11.4. The lowest BCUT2D eigenvalue weighted by molar-refractivity contribution is -0.364. The van der Waals surface area contributed by atoms with E-state index in [1.807, 2.05) is 0 Å². The van der Waals surface area contributed by atoms with Gasteiger partial charge in [0.15, 0.2) is 12.6 Å². The van der Waals surface area contributed by atoms with Crippen molar-refractivity contribution in [3.05, 3.63) is 11.6 Å². The Balaban J connectivity index is 0.938. The van der Waals surface area contributed by atoms with Crippen LogP contribution in [0.4, 0.5) is 0 Å². The number of aliphatic hydroxyl groups is 7. The smallest absolute Gasteiger partial charge is 0.187 e. The van der Waals surface area contributed by atoms with Gasteiger partial charge in [0.1, 0.15) is 54.6 Å². The molecule has 4 aliphatic heterocycles. The van der Waals surface area contributed by atoms with Gasteiger partial charge in [-0.05, 0) is 98.2 Å². The van der Waals surface area contributed by atoms with Crippen molar-refractivity contribution in [2.24, 2.45) is 46.3 Å². The SMILES string of the molecule is CC1CCC2(NC1)OC1CC3C4CC=C5CC(OC6OC(CO)C(O)C(OC7OC(CO)C(O)C(O)C7O)C6O)CCC5(C)C4CCC3(C)C1C2C. The van der Waals surface area contributed by atoms with Crippen molar-refractivity contribution in [3.63, 3.8) is 0 Å². The van der Waals surface area contributed by atoms with Crippen molar-refractivity contribution in [2.75, 3.05) is 19.8 Å². The average molecular weight is 738 g/mol. The minimum absolute atomic E-state index is 0.0567. The second kappa shape index (κ2) is 14.0. The van der Waals surface area contributed by atoms with Gasteiger partial charge in [0.05, 0.1) is 25.4 Å². The summed E-state index contributed by atoms with van der Waals surface area (Å²) in [6.45, 7) is 9.61. The molecule has 21 atom stereocenters. The molecule has 1 spiro atoms. The lowest BCUT2D eigenvalue weighted by Gasteiger charge is -2.59. The molecule has 4 aliphatic carbocycles. The zero-order valence-corrected chi connectivity index (χ0v) is 31.1. The molecule has 0 bridgehead atoms. The number of rotatable bonds is 6. The number of piperidine rings is 1. The number of ether oxygens (including phenoxy) is 5. The van der Waals surface area contributed by atoms with E-state index in [1.165, 1.54) is 24.8 Å². The van der Waals surface area contributed by atoms with E-state index in [9.17, 15) is 35.7 Å². The third kappa shape index (κ3) is 5.90. The Morgan fingerprint density at radius 3 is 2.21 bits per heavy atom. The van der Waals surface area contributed by atoms with Gasteiger partial charge in [0.2, 0.25) is 0 Å². The van der Waals surface area contributed by atoms with Gasteiger partial charge in [-0.2, -0.15) is 0 Å². The number of aliphatic hydroxyl groups excluding tert-OH is 7. The van der Waals surface area contributed by atoms with Crippen molar-refractivity contribution in [3.8, 4) is 0 Å². The fourth-order valence-corrected chi connectivity index (χ4v) is 12.8. The quantitative estimate of drug-likeness (QED) is 0.179. The number of hydrogen-bond donors (Lipinski definition) is 8. The van der Waals surface area contributed by atoms with E-state index in [0.717, 1.165) is 38.6 Å². The monoisotopic (exact) mass is 737 g/mol. The van der Waals surface area contributed by atoms with Crippen molar-refractivity contribution in [1.29, 1.82) is 0 Å². The molecule has 13 heteroatoms. The molecule has 296 valence electrons. The molecule has 13 nitrogen and oxygen atoms in total. The van der Waals surface area contributed by atoms with Crippen molar-refractivity contribution in [1.82, 2.24) is 5.32 Å². The first-order chi connectivity index (χ1) is 24.7. The van der Waals surface area contributed by atoms with Crippen molar-refractivity contribution < 1.29 is 59.4 Å². The third-order valence-electron chi connectivity index (χ3n) is 15.8. The lowest BCUT2D eigenvalue weighted by atomic mass is 9.47. The summed E-state index contributed by atoms with van der Waals surface area (Å²) in [5, 5.41) is 76.8. The highest BCUT2D eigenvalue weighted by atomic mass is 16.7. The Kier molecular flexibility index (Phi) is 10.3. The highest BCUT2D eigenvalue weighted by Gasteiger charge is 2.68. The molecule has 4 saturated heterocycles. The second-order valence-electron chi connectivity index (χ2n) is 18.4. The minimum Gasteiger partial charge on any atom is -0.394 e. The summed E-state index contributed by atoms with van der Waals surface area (Å²) in [7, 11) is 0. The first kappa shape index (κ1) is 38.1. The molecular weight excluding hydrogens is 674 g/mol. The third-order valence-corrected chi connectivity index (χ3v) is 15.8. The normalized spacial score (nSPS) is 57.5. The number of allylic oxidation sites excluding steroid dienone is 1. The Morgan fingerprint density at radius 1 is 0.808 bits per heavy atom. The summed E-state index contributed by atoms with van der Waals surface area (Å²) in [6.07, 6.45) is -2.81.